The number of piperidine rings is 1. The van der Waals surface area contributed by atoms with Crippen LogP contribution < -0.4 is 4.74 Å². The zero-order chi connectivity index (χ0) is 21.6. The summed E-state index contributed by atoms with van der Waals surface area (Å²) >= 11 is 17.8. The van der Waals surface area contributed by atoms with Gasteiger partial charge in [0, 0.05) is 26.2 Å². The highest BCUT2D eigenvalue weighted by molar-refractivity contribution is 6.43. The number of likely N-dealkylation sites (N-methyl/N-ethyl adjacent to an activating group) is 1. The van der Waals surface area contributed by atoms with Crippen molar-refractivity contribution in [3.05, 3.63) is 27.2 Å². The lowest BCUT2D eigenvalue weighted by Crippen LogP contribution is -2.47. The number of esters is 1. The SMILES string of the molecule is CCOC(=O)C1CCCN(C(=O)CN(C)C(=O)COc2cc(Cl)c(Cl)cc2Cl)C1. The molecule has 0 aromatic heterocycles. The topological polar surface area (TPSA) is 76.2 Å². The van der Waals surface area contributed by atoms with E-state index in [9.17, 15) is 14.4 Å². The number of rotatable bonds is 7. The number of likely N-dealkylation sites (tertiary alicyclic amines) is 1. The number of benzene rings is 1. The standard InChI is InChI=1S/C19H23Cl3N2O5/c1-3-28-19(27)12-5-4-6-24(9-12)17(25)10-23(2)18(26)11-29-16-8-14(21)13(20)7-15(16)22/h7-8,12H,3-6,9-11H2,1-2H3. The first-order valence-electron chi connectivity index (χ1n) is 9.18. The molecule has 2 rings (SSSR count). The maximum absolute atomic E-state index is 12.5. The smallest absolute Gasteiger partial charge is 0.310 e. The lowest BCUT2D eigenvalue weighted by Gasteiger charge is -2.32. The van der Waals surface area contributed by atoms with Gasteiger partial charge >= 0.3 is 5.97 Å². The maximum atomic E-state index is 12.5. The number of ether oxygens (including phenoxy) is 2. The summed E-state index contributed by atoms with van der Waals surface area (Å²) < 4.78 is 10.4. The van der Waals surface area contributed by atoms with E-state index in [0.29, 0.717) is 32.5 Å². The van der Waals surface area contributed by atoms with Gasteiger partial charge in [0.25, 0.3) is 5.91 Å². The Morgan fingerprint density at radius 2 is 1.86 bits per heavy atom. The Morgan fingerprint density at radius 3 is 2.55 bits per heavy atom. The quantitative estimate of drug-likeness (QED) is 0.456. The third-order valence-electron chi connectivity index (χ3n) is 4.52. The molecule has 0 aliphatic carbocycles. The van der Waals surface area contributed by atoms with Crippen LogP contribution in [-0.2, 0) is 19.1 Å². The number of halogens is 3. The zero-order valence-electron chi connectivity index (χ0n) is 16.3. The van der Waals surface area contributed by atoms with Crippen molar-refractivity contribution in [2.75, 3.05) is 39.9 Å². The van der Waals surface area contributed by atoms with Crippen LogP contribution in [0.5, 0.6) is 5.75 Å². The van der Waals surface area contributed by atoms with Gasteiger partial charge in [-0.25, -0.2) is 0 Å². The second-order valence-electron chi connectivity index (χ2n) is 6.67. The summed E-state index contributed by atoms with van der Waals surface area (Å²) in [4.78, 5) is 39.6. The molecule has 1 unspecified atom stereocenters. The number of hydrogen-bond donors (Lipinski definition) is 0. The fourth-order valence-electron chi connectivity index (χ4n) is 2.91. The first-order valence-corrected chi connectivity index (χ1v) is 10.3. The van der Waals surface area contributed by atoms with Crippen molar-refractivity contribution >= 4 is 52.6 Å². The van der Waals surface area contributed by atoms with Crippen LogP contribution in [0.3, 0.4) is 0 Å². The third kappa shape index (κ3) is 6.66. The second kappa shape index (κ2) is 10.9. The molecule has 0 spiro atoms. The van der Waals surface area contributed by atoms with Gasteiger partial charge in [-0.2, -0.15) is 0 Å². The predicted octanol–water partition coefficient (Wildman–Crippen LogP) is 3.29. The molecule has 1 aromatic carbocycles. The van der Waals surface area contributed by atoms with Gasteiger partial charge in [-0.1, -0.05) is 34.8 Å². The lowest BCUT2D eigenvalue weighted by atomic mass is 9.98. The van der Waals surface area contributed by atoms with E-state index in [-0.39, 0.29) is 51.8 Å². The van der Waals surface area contributed by atoms with Crippen LogP contribution in [0.15, 0.2) is 12.1 Å². The van der Waals surface area contributed by atoms with E-state index in [0.717, 1.165) is 0 Å². The Labute approximate surface area is 184 Å². The van der Waals surface area contributed by atoms with Gasteiger partial charge in [-0.15, -0.1) is 0 Å². The van der Waals surface area contributed by atoms with Crippen LogP contribution in [0.2, 0.25) is 15.1 Å². The molecule has 1 heterocycles. The van der Waals surface area contributed by atoms with Crippen LogP contribution in [-0.4, -0.2) is 67.5 Å². The monoisotopic (exact) mass is 464 g/mol. The van der Waals surface area contributed by atoms with Crippen molar-refractivity contribution in [2.45, 2.75) is 19.8 Å². The van der Waals surface area contributed by atoms with Gasteiger partial charge in [0.2, 0.25) is 5.91 Å². The van der Waals surface area contributed by atoms with Gasteiger partial charge in [0.05, 0.1) is 34.1 Å². The van der Waals surface area contributed by atoms with E-state index in [2.05, 4.69) is 0 Å². The third-order valence-corrected chi connectivity index (χ3v) is 5.54. The predicted molar refractivity (Wildman–Crippen MR) is 111 cm³/mol. The highest BCUT2D eigenvalue weighted by atomic mass is 35.5. The minimum absolute atomic E-state index is 0.118. The molecule has 1 aliphatic heterocycles. The number of hydrogen-bond acceptors (Lipinski definition) is 5. The van der Waals surface area contributed by atoms with Crippen molar-refractivity contribution in [3.8, 4) is 5.75 Å². The Hall–Kier alpha value is -1.70. The van der Waals surface area contributed by atoms with E-state index < -0.39 is 5.91 Å². The molecule has 1 atom stereocenters. The lowest BCUT2D eigenvalue weighted by molar-refractivity contribution is -0.152. The van der Waals surface area contributed by atoms with Crippen molar-refractivity contribution in [3.63, 3.8) is 0 Å². The van der Waals surface area contributed by atoms with Crippen molar-refractivity contribution in [1.82, 2.24) is 9.80 Å². The normalized spacial score (nSPS) is 16.3. The summed E-state index contributed by atoms with van der Waals surface area (Å²) in [6.45, 7) is 2.47. The summed E-state index contributed by atoms with van der Waals surface area (Å²) in [6.07, 6.45) is 1.40. The summed E-state index contributed by atoms with van der Waals surface area (Å²) in [7, 11) is 1.51. The molecular formula is C19H23Cl3N2O5. The molecular weight excluding hydrogens is 443 g/mol. The minimum Gasteiger partial charge on any atom is -0.482 e. The van der Waals surface area contributed by atoms with Crippen molar-refractivity contribution in [1.29, 1.82) is 0 Å². The molecule has 1 aromatic rings. The van der Waals surface area contributed by atoms with Gasteiger partial charge in [0.15, 0.2) is 6.61 Å². The molecule has 29 heavy (non-hydrogen) atoms. The van der Waals surface area contributed by atoms with E-state index in [1.165, 1.54) is 24.1 Å². The summed E-state index contributed by atoms with van der Waals surface area (Å²) in [5.41, 5.74) is 0. The van der Waals surface area contributed by atoms with Crippen LogP contribution >= 0.6 is 34.8 Å². The highest BCUT2D eigenvalue weighted by Crippen LogP contribution is 2.33. The summed E-state index contributed by atoms with van der Waals surface area (Å²) in [6, 6.07) is 2.85. The molecule has 1 aliphatic rings. The Balaban J connectivity index is 1.86. The van der Waals surface area contributed by atoms with E-state index >= 15 is 0 Å². The Morgan fingerprint density at radius 1 is 1.17 bits per heavy atom. The van der Waals surface area contributed by atoms with Crippen molar-refractivity contribution in [2.24, 2.45) is 5.92 Å². The van der Waals surface area contributed by atoms with Crippen LogP contribution in [0.4, 0.5) is 0 Å². The average Bonchev–Trinajstić information content (AvgIpc) is 2.69. The molecule has 7 nitrogen and oxygen atoms in total. The Kier molecular flexibility index (Phi) is 8.86. The van der Waals surface area contributed by atoms with E-state index in [1.807, 2.05) is 0 Å². The maximum Gasteiger partial charge on any atom is 0.310 e. The molecule has 10 heteroatoms. The fraction of sp³-hybridized carbons (Fsp3) is 0.526. The van der Waals surface area contributed by atoms with Crippen LogP contribution in [0.25, 0.3) is 0 Å². The number of amides is 2. The molecule has 160 valence electrons. The van der Waals surface area contributed by atoms with Gasteiger partial charge in [0.1, 0.15) is 5.75 Å². The van der Waals surface area contributed by atoms with Crippen LogP contribution in [0.1, 0.15) is 19.8 Å². The van der Waals surface area contributed by atoms with Gasteiger partial charge in [-0.05, 0) is 25.8 Å². The van der Waals surface area contributed by atoms with Crippen molar-refractivity contribution < 1.29 is 23.9 Å². The molecule has 2 amide bonds. The number of nitrogens with zero attached hydrogens (tertiary/aromatic N) is 2. The molecule has 1 saturated heterocycles. The molecule has 1 fully saturated rings. The van der Waals surface area contributed by atoms with E-state index in [1.54, 1.807) is 11.8 Å². The second-order valence-corrected chi connectivity index (χ2v) is 7.89. The first-order chi connectivity index (χ1) is 13.7. The first kappa shape index (κ1) is 23.6. The average molecular weight is 466 g/mol. The summed E-state index contributed by atoms with van der Waals surface area (Å²) in [5.74, 6) is -1.03. The molecule has 0 bridgehead atoms. The summed E-state index contributed by atoms with van der Waals surface area (Å²) in [5, 5.41) is 0.758. The van der Waals surface area contributed by atoms with Gasteiger partial charge < -0.3 is 19.3 Å². The largest absolute Gasteiger partial charge is 0.482 e. The highest BCUT2D eigenvalue weighted by Gasteiger charge is 2.30. The number of carbonyl (C=O) groups excluding carboxylic acids is 3. The molecule has 0 radical (unpaired) electrons. The molecule has 0 N–H and O–H groups in total. The van der Waals surface area contributed by atoms with Gasteiger partial charge in [-0.3, -0.25) is 14.4 Å². The number of carbonyl (C=O) groups is 3. The van der Waals surface area contributed by atoms with Crippen LogP contribution in [0, 0.1) is 5.92 Å². The Bertz CT molecular complexity index is 774. The fourth-order valence-corrected chi connectivity index (χ4v) is 3.50. The van der Waals surface area contributed by atoms with E-state index in [4.69, 9.17) is 44.3 Å². The molecule has 0 saturated carbocycles. The zero-order valence-corrected chi connectivity index (χ0v) is 18.5. The minimum atomic E-state index is -0.403.